The maximum Gasteiger partial charge on any atom is 0.263 e. The second-order valence-electron chi connectivity index (χ2n) is 10.5. The molecule has 1 aliphatic rings. The normalized spacial score (nSPS) is 15.5. The Balaban J connectivity index is 0.00000259. The number of benzene rings is 3. The predicted octanol–water partition coefficient (Wildman–Crippen LogP) is 5.10. The van der Waals surface area contributed by atoms with E-state index in [1.54, 1.807) is 24.3 Å². The Morgan fingerprint density at radius 1 is 0.932 bits per heavy atom. The highest BCUT2D eigenvalue weighted by Gasteiger charge is 2.41. The molecule has 4 rings (SSSR count). The Morgan fingerprint density at radius 3 is 2.16 bits per heavy atom. The van der Waals surface area contributed by atoms with Crippen LogP contribution in [0.3, 0.4) is 0 Å². The molecule has 2 amide bonds. The van der Waals surface area contributed by atoms with Crippen molar-refractivity contribution < 1.29 is 35.9 Å². The Kier molecular flexibility index (Phi) is 12.4. The van der Waals surface area contributed by atoms with Crippen LogP contribution in [0, 0.1) is 0 Å². The molecule has 0 spiro atoms. The summed E-state index contributed by atoms with van der Waals surface area (Å²) in [5.41, 5.74) is 2.41. The van der Waals surface area contributed by atoms with Crippen LogP contribution >= 0.6 is 0 Å². The minimum atomic E-state index is -4.24. The van der Waals surface area contributed by atoms with Crippen molar-refractivity contribution in [3.05, 3.63) is 95.1 Å². The fourth-order valence-corrected chi connectivity index (χ4v) is 6.38. The van der Waals surface area contributed by atoms with Gasteiger partial charge in [-0.05, 0) is 46.9 Å². The van der Waals surface area contributed by atoms with Gasteiger partial charge in [-0.25, -0.2) is 17.2 Å². The number of piperazine rings is 1. The molecule has 1 saturated heterocycles. The van der Waals surface area contributed by atoms with E-state index < -0.39 is 28.4 Å². The van der Waals surface area contributed by atoms with Gasteiger partial charge in [0.05, 0.1) is 25.6 Å². The van der Waals surface area contributed by atoms with Gasteiger partial charge in [0.25, 0.3) is 6.43 Å². The van der Waals surface area contributed by atoms with Gasteiger partial charge in [0.2, 0.25) is 21.8 Å². The van der Waals surface area contributed by atoms with Crippen LogP contribution in [0.25, 0.3) is 0 Å². The standard InChI is InChI=1S/C31H35F2N3O5S.CH3F/c1-21(2)24-9-7-22(8-10-24)19-34-31(38)28-20-35(29(37)18-23-5-4-6-26(17-23)41-3)15-16-36(28)42(39,40)27-13-11-25(12-14-27)30(32)33;1-2/h4-14,17,21,28,30H,15-16,18-20H2,1-3H3,(H,34,38);1H3/t28-;/m1./s1. The summed E-state index contributed by atoms with van der Waals surface area (Å²) < 4.78 is 69.2. The molecule has 0 bridgehead atoms. The van der Waals surface area contributed by atoms with Crippen LogP contribution in [0.5, 0.6) is 5.75 Å². The molecule has 1 N–H and O–H groups in total. The molecule has 1 heterocycles. The van der Waals surface area contributed by atoms with E-state index in [9.17, 15) is 31.2 Å². The lowest BCUT2D eigenvalue weighted by Gasteiger charge is -2.39. The fourth-order valence-electron chi connectivity index (χ4n) is 4.81. The number of nitrogens with one attached hydrogen (secondary N) is 1. The molecule has 3 aromatic carbocycles. The van der Waals surface area contributed by atoms with Crippen LogP contribution in [-0.4, -0.2) is 69.4 Å². The number of methoxy groups -OCH3 is 1. The topological polar surface area (TPSA) is 96.0 Å². The molecule has 0 saturated carbocycles. The van der Waals surface area contributed by atoms with Gasteiger partial charge >= 0.3 is 0 Å². The molecule has 238 valence electrons. The van der Waals surface area contributed by atoms with Crippen molar-refractivity contribution in [1.82, 2.24) is 14.5 Å². The fraction of sp³-hybridized carbons (Fsp3) is 0.375. The highest BCUT2D eigenvalue weighted by molar-refractivity contribution is 7.89. The van der Waals surface area contributed by atoms with Crippen molar-refractivity contribution in [3.63, 3.8) is 0 Å². The van der Waals surface area contributed by atoms with Gasteiger partial charge in [0, 0.05) is 31.7 Å². The molecule has 44 heavy (non-hydrogen) atoms. The zero-order valence-electron chi connectivity index (χ0n) is 25.2. The monoisotopic (exact) mass is 633 g/mol. The average Bonchev–Trinajstić information content (AvgIpc) is 3.04. The van der Waals surface area contributed by atoms with Crippen molar-refractivity contribution >= 4 is 21.8 Å². The molecule has 1 fully saturated rings. The predicted molar refractivity (Wildman–Crippen MR) is 162 cm³/mol. The lowest BCUT2D eigenvalue weighted by Crippen LogP contribution is -2.61. The Labute approximate surface area is 256 Å². The number of sulfonamides is 1. The van der Waals surface area contributed by atoms with E-state index in [2.05, 4.69) is 19.2 Å². The number of halogens is 3. The van der Waals surface area contributed by atoms with Gasteiger partial charge in [0.1, 0.15) is 11.8 Å². The average molecular weight is 634 g/mol. The van der Waals surface area contributed by atoms with Crippen molar-refractivity contribution in [2.45, 2.75) is 50.1 Å². The van der Waals surface area contributed by atoms with Gasteiger partial charge in [-0.3, -0.25) is 14.0 Å². The smallest absolute Gasteiger partial charge is 0.263 e. The van der Waals surface area contributed by atoms with Gasteiger partial charge in [0.15, 0.2) is 0 Å². The third-order valence-corrected chi connectivity index (χ3v) is 9.25. The van der Waals surface area contributed by atoms with Gasteiger partial charge < -0.3 is 15.0 Å². The van der Waals surface area contributed by atoms with Crippen LogP contribution < -0.4 is 10.1 Å². The van der Waals surface area contributed by atoms with Gasteiger partial charge in [-0.1, -0.05) is 62.4 Å². The molecule has 3 aromatic rings. The van der Waals surface area contributed by atoms with Crippen molar-refractivity contribution in [3.8, 4) is 5.75 Å². The number of nitrogens with zero attached hydrogens (tertiary/aromatic N) is 2. The molecule has 0 aromatic heterocycles. The third-order valence-electron chi connectivity index (χ3n) is 7.33. The molecule has 0 radical (unpaired) electrons. The highest BCUT2D eigenvalue weighted by atomic mass is 32.2. The van der Waals surface area contributed by atoms with Crippen LogP contribution in [0.2, 0.25) is 0 Å². The van der Waals surface area contributed by atoms with E-state index in [1.165, 1.54) is 12.0 Å². The molecule has 0 aliphatic carbocycles. The number of carbonyl (C=O) groups excluding carboxylic acids is 2. The molecular formula is C32H38F3N3O5S. The zero-order valence-corrected chi connectivity index (χ0v) is 26.0. The SMILES string of the molecule is CF.COc1cccc(CC(=O)N2CCN(S(=O)(=O)c3ccc(C(F)F)cc3)[C@@H](C(=O)NCc3ccc(C(C)C)cc3)C2)c1. The first-order valence-electron chi connectivity index (χ1n) is 14.0. The maximum atomic E-state index is 13.6. The summed E-state index contributed by atoms with van der Waals surface area (Å²) in [5, 5.41) is 2.82. The first kappa shape index (κ1) is 34.6. The number of amides is 2. The minimum Gasteiger partial charge on any atom is -0.497 e. The molecule has 8 nitrogen and oxygen atoms in total. The molecular weight excluding hydrogens is 595 g/mol. The number of hydrogen-bond donors (Lipinski definition) is 1. The minimum absolute atomic E-state index is 0.0512. The summed E-state index contributed by atoms with van der Waals surface area (Å²) in [6.45, 7) is 4.10. The second-order valence-corrected chi connectivity index (χ2v) is 12.4. The number of hydrogen-bond acceptors (Lipinski definition) is 5. The van der Waals surface area contributed by atoms with Crippen LogP contribution in [0.15, 0.2) is 77.7 Å². The summed E-state index contributed by atoms with van der Waals surface area (Å²) in [6, 6.07) is 18.0. The summed E-state index contributed by atoms with van der Waals surface area (Å²) in [6.07, 6.45) is -2.69. The van der Waals surface area contributed by atoms with Crippen LogP contribution in [0.1, 0.15) is 48.4 Å². The van der Waals surface area contributed by atoms with Gasteiger partial charge in [-0.15, -0.1) is 0 Å². The molecule has 0 unspecified atom stereocenters. The maximum absolute atomic E-state index is 13.6. The van der Waals surface area contributed by atoms with Crippen LogP contribution in [-0.2, 0) is 32.6 Å². The molecule has 1 aliphatic heterocycles. The zero-order chi connectivity index (χ0) is 32.4. The Hall–Kier alpha value is -3.90. The van der Waals surface area contributed by atoms with E-state index in [0.717, 1.165) is 45.3 Å². The summed E-state index contributed by atoms with van der Waals surface area (Å²) in [5.74, 6) is 0.135. The van der Waals surface area contributed by atoms with E-state index in [1.807, 2.05) is 24.3 Å². The van der Waals surface area contributed by atoms with Crippen molar-refractivity contribution in [2.75, 3.05) is 33.9 Å². The summed E-state index contributed by atoms with van der Waals surface area (Å²) in [4.78, 5) is 28.0. The van der Waals surface area contributed by atoms with Crippen molar-refractivity contribution in [2.24, 2.45) is 0 Å². The first-order valence-corrected chi connectivity index (χ1v) is 15.5. The lowest BCUT2D eigenvalue weighted by molar-refractivity contribution is -0.135. The van der Waals surface area contributed by atoms with Crippen LogP contribution in [0.4, 0.5) is 13.2 Å². The third kappa shape index (κ3) is 8.60. The second kappa shape index (κ2) is 15.7. The largest absolute Gasteiger partial charge is 0.497 e. The summed E-state index contributed by atoms with van der Waals surface area (Å²) in [7, 11) is -2.21. The summed E-state index contributed by atoms with van der Waals surface area (Å²) >= 11 is 0. The van der Waals surface area contributed by atoms with E-state index >= 15 is 0 Å². The first-order chi connectivity index (χ1) is 21.0. The molecule has 1 atom stereocenters. The number of ether oxygens (including phenoxy) is 1. The number of carbonyl (C=O) groups is 2. The molecule has 12 heteroatoms. The highest BCUT2D eigenvalue weighted by Crippen LogP contribution is 2.26. The quantitative estimate of drug-likeness (QED) is 0.335. The van der Waals surface area contributed by atoms with E-state index in [4.69, 9.17) is 4.74 Å². The number of rotatable bonds is 10. The van der Waals surface area contributed by atoms with E-state index in [0.29, 0.717) is 18.8 Å². The Morgan fingerprint density at radius 2 is 1.57 bits per heavy atom. The van der Waals surface area contributed by atoms with E-state index in [-0.39, 0.29) is 49.0 Å². The van der Waals surface area contributed by atoms with Gasteiger partial charge in [-0.2, -0.15) is 4.31 Å². The Bertz CT molecular complexity index is 1500. The van der Waals surface area contributed by atoms with Crippen molar-refractivity contribution in [1.29, 1.82) is 0 Å². The number of alkyl halides is 3. The lowest BCUT2D eigenvalue weighted by atomic mass is 10.0.